The summed E-state index contributed by atoms with van der Waals surface area (Å²) >= 11 is 0. The van der Waals surface area contributed by atoms with Crippen LogP contribution in [0.5, 0.6) is 0 Å². The van der Waals surface area contributed by atoms with Crippen molar-refractivity contribution in [3.05, 3.63) is 18.5 Å². The van der Waals surface area contributed by atoms with Gasteiger partial charge in [-0.25, -0.2) is 4.68 Å². The van der Waals surface area contributed by atoms with E-state index < -0.39 is 0 Å². The van der Waals surface area contributed by atoms with Crippen LogP contribution in [0.25, 0.3) is 5.95 Å². The summed E-state index contributed by atoms with van der Waals surface area (Å²) in [6, 6.07) is 2.19. The molecule has 7 heteroatoms. The van der Waals surface area contributed by atoms with Crippen molar-refractivity contribution in [3.63, 3.8) is 0 Å². The van der Waals surface area contributed by atoms with Crippen molar-refractivity contribution in [1.29, 1.82) is 0 Å². The molecule has 0 aromatic carbocycles. The second-order valence-electron chi connectivity index (χ2n) is 6.37. The van der Waals surface area contributed by atoms with Crippen molar-refractivity contribution in [2.24, 2.45) is 5.41 Å². The molecule has 3 rings (SSSR count). The topological polar surface area (TPSA) is 94.5 Å². The van der Waals surface area contributed by atoms with Crippen LogP contribution in [0, 0.1) is 5.41 Å². The van der Waals surface area contributed by atoms with Crippen LogP contribution in [-0.4, -0.2) is 30.8 Å². The number of nitrogens with two attached hydrogens (primary N) is 1. The van der Waals surface area contributed by atoms with Crippen molar-refractivity contribution in [3.8, 4) is 5.95 Å². The van der Waals surface area contributed by atoms with Gasteiger partial charge in [-0.05, 0) is 30.7 Å². The van der Waals surface area contributed by atoms with E-state index >= 15 is 0 Å². The summed E-state index contributed by atoms with van der Waals surface area (Å²) < 4.78 is 1.58. The van der Waals surface area contributed by atoms with Crippen LogP contribution in [0.4, 0.5) is 11.9 Å². The lowest BCUT2D eigenvalue weighted by Crippen LogP contribution is -2.32. The highest BCUT2D eigenvalue weighted by molar-refractivity contribution is 5.35. The van der Waals surface area contributed by atoms with Crippen molar-refractivity contribution in [2.45, 2.75) is 45.6 Å². The van der Waals surface area contributed by atoms with E-state index in [2.05, 4.69) is 39.2 Å². The lowest BCUT2D eigenvalue weighted by molar-refractivity contribution is 0.229. The van der Waals surface area contributed by atoms with Crippen LogP contribution >= 0.6 is 0 Å². The molecule has 1 aliphatic carbocycles. The van der Waals surface area contributed by atoms with Gasteiger partial charge in [0, 0.05) is 18.4 Å². The molecule has 0 radical (unpaired) electrons. The third-order valence-electron chi connectivity index (χ3n) is 3.89. The first-order valence-electron chi connectivity index (χ1n) is 7.30. The molecule has 1 fully saturated rings. The Morgan fingerprint density at radius 2 is 2.19 bits per heavy atom. The van der Waals surface area contributed by atoms with E-state index in [-0.39, 0.29) is 5.95 Å². The van der Waals surface area contributed by atoms with E-state index in [4.69, 9.17) is 5.73 Å². The quantitative estimate of drug-likeness (QED) is 0.896. The Hall–Kier alpha value is -2.18. The molecule has 0 amide bonds. The fourth-order valence-electron chi connectivity index (χ4n) is 2.94. The Balaban J connectivity index is 1.79. The molecule has 1 aliphatic rings. The van der Waals surface area contributed by atoms with Gasteiger partial charge in [-0.1, -0.05) is 20.3 Å². The number of nitrogen functional groups attached to an aromatic ring is 1. The van der Waals surface area contributed by atoms with E-state index in [1.54, 1.807) is 17.1 Å². The Labute approximate surface area is 124 Å². The normalized spacial score (nSPS) is 21.1. The molecule has 0 spiro atoms. The van der Waals surface area contributed by atoms with E-state index in [1.807, 2.05) is 6.07 Å². The first kappa shape index (κ1) is 13.8. The van der Waals surface area contributed by atoms with Crippen molar-refractivity contribution in [2.75, 3.05) is 11.1 Å². The second-order valence-corrected chi connectivity index (χ2v) is 6.37. The molecule has 0 aliphatic heterocycles. The summed E-state index contributed by atoms with van der Waals surface area (Å²) in [5.74, 6) is 1.16. The maximum Gasteiger partial charge on any atom is 0.257 e. The zero-order chi connectivity index (χ0) is 14.9. The molecule has 7 nitrogen and oxygen atoms in total. The van der Waals surface area contributed by atoms with Crippen LogP contribution in [0.1, 0.15) is 39.5 Å². The van der Waals surface area contributed by atoms with E-state index in [1.165, 1.54) is 12.8 Å². The Kier molecular flexibility index (Phi) is 3.48. The Morgan fingerprint density at radius 3 is 2.90 bits per heavy atom. The fourth-order valence-corrected chi connectivity index (χ4v) is 2.94. The minimum absolute atomic E-state index is 0.202. The van der Waals surface area contributed by atoms with Gasteiger partial charge in [0.25, 0.3) is 5.95 Å². The van der Waals surface area contributed by atoms with Gasteiger partial charge >= 0.3 is 0 Å². The molecular formula is C14H21N7. The van der Waals surface area contributed by atoms with Gasteiger partial charge in [-0.2, -0.15) is 20.1 Å². The Morgan fingerprint density at radius 1 is 1.33 bits per heavy atom. The minimum Gasteiger partial charge on any atom is -0.368 e. The van der Waals surface area contributed by atoms with Gasteiger partial charge in [0.05, 0.1) is 0 Å². The lowest BCUT2D eigenvalue weighted by atomic mass is 9.75. The van der Waals surface area contributed by atoms with Gasteiger partial charge in [0.2, 0.25) is 11.9 Å². The zero-order valence-electron chi connectivity index (χ0n) is 12.5. The van der Waals surface area contributed by atoms with E-state index in [0.29, 0.717) is 23.4 Å². The predicted molar refractivity (Wildman–Crippen MR) is 81.0 cm³/mol. The standard InChI is InChI=1S/C14H21N7/c1-14(2)6-3-5-10(9-14)17-12-18-11(15)19-13(20-12)21-8-4-7-16-21/h4,7-8,10H,3,5-6,9H2,1-2H3,(H3,15,17,18,19,20). The fraction of sp³-hybridized carbons (Fsp3) is 0.571. The van der Waals surface area contributed by atoms with Gasteiger partial charge < -0.3 is 11.1 Å². The number of hydrogen-bond acceptors (Lipinski definition) is 6. The Bertz CT molecular complexity index is 606. The van der Waals surface area contributed by atoms with Crippen molar-refractivity contribution >= 4 is 11.9 Å². The highest BCUT2D eigenvalue weighted by atomic mass is 15.4. The third kappa shape index (κ3) is 3.29. The minimum atomic E-state index is 0.202. The third-order valence-corrected chi connectivity index (χ3v) is 3.89. The van der Waals surface area contributed by atoms with Gasteiger partial charge in [-0.3, -0.25) is 0 Å². The van der Waals surface area contributed by atoms with Crippen LogP contribution in [0.15, 0.2) is 18.5 Å². The summed E-state index contributed by atoms with van der Waals surface area (Å²) in [7, 11) is 0. The lowest BCUT2D eigenvalue weighted by Gasteiger charge is -2.35. The number of nitrogens with one attached hydrogen (secondary N) is 1. The van der Waals surface area contributed by atoms with Crippen molar-refractivity contribution < 1.29 is 0 Å². The highest BCUT2D eigenvalue weighted by Gasteiger charge is 2.28. The maximum absolute atomic E-state index is 5.78. The number of nitrogens with zero attached hydrogens (tertiary/aromatic N) is 5. The van der Waals surface area contributed by atoms with Crippen LogP contribution < -0.4 is 11.1 Å². The largest absolute Gasteiger partial charge is 0.368 e. The molecule has 1 saturated carbocycles. The van der Waals surface area contributed by atoms with Crippen molar-refractivity contribution in [1.82, 2.24) is 24.7 Å². The van der Waals surface area contributed by atoms with Gasteiger partial charge in [-0.15, -0.1) is 0 Å². The first-order valence-corrected chi connectivity index (χ1v) is 7.30. The molecule has 1 unspecified atom stereocenters. The molecule has 2 aromatic heterocycles. The molecule has 112 valence electrons. The highest BCUT2D eigenvalue weighted by Crippen LogP contribution is 2.36. The average Bonchev–Trinajstić information content (AvgIpc) is 2.90. The molecular weight excluding hydrogens is 266 g/mol. The zero-order valence-corrected chi connectivity index (χ0v) is 12.5. The monoisotopic (exact) mass is 287 g/mol. The smallest absolute Gasteiger partial charge is 0.257 e. The average molecular weight is 287 g/mol. The summed E-state index contributed by atoms with van der Waals surface area (Å²) in [6.45, 7) is 4.61. The van der Waals surface area contributed by atoms with Gasteiger partial charge in [0.1, 0.15) is 0 Å². The van der Waals surface area contributed by atoms with Crippen LogP contribution in [0.3, 0.4) is 0 Å². The number of anilines is 2. The number of hydrogen-bond donors (Lipinski definition) is 2. The van der Waals surface area contributed by atoms with Gasteiger partial charge in [0.15, 0.2) is 0 Å². The summed E-state index contributed by atoms with van der Waals surface area (Å²) in [6.07, 6.45) is 8.18. The number of rotatable bonds is 3. The number of aromatic nitrogens is 5. The maximum atomic E-state index is 5.78. The second kappa shape index (κ2) is 5.31. The molecule has 21 heavy (non-hydrogen) atoms. The van der Waals surface area contributed by atoms with Crippen LogP contribution in [-0.2, 0) is 0 Å². The SMILES string of the molecule is CC1(C)CCCC(Nc2nc(N)nc(-n3cccn3)n2)C1. The molecule has 1 atom stereocenters. The summed E-state index contributed by atoms with van der Waals surface area (Å²) in [5.41, 5.74) is 6.14. The molecule has 2 aromatic rings. The molecule has 0 bridgehead atoms. The van der Waals surface area contributed by atoms with E-state index in [0.717, 1.165) is 12.8 Å². The first-order chi connectivity index (χ1) is 10.0. The molecule has 3 N–H and O–H groups in total. The summed E-state index contributed by atoms with van der Waals surface area (Å²) in [4.78, 5) is 12.7. The molecule has 2 heterocycles. The molecule has 0 saturated heterocycles. The predicted octanol–water partition coefficient (Wildman–Crippen LogP) is 2.02. The van der Waals surface area contributed by atoms with E-state index in [9.17, 15) is 0 Å². The van der Waals surface area contributed by atoms with Crippen LogP contribution in [0.2, 0.25) is 0 Å². The summed E-state index contributed by atoms with van der Waals surface area (Å²) in [5, 5.41) is 7.52.